The summed E-state index contributed by atoms with van der Waals surface area (Å²) in [4.78, 5) is 4.22. The van der Waals surface area contributed by atoms with Crippen LogP contribution in [0.15, 0.2) is 0 Å². The van der Waals surface area contributed by atoms with Gasteiger partial charge in [0.05, 0.1) is 0 Å². The SMILES string of the molecule is COCCCCCNc1nc(C)ns1. The minimum atomic E-state index is 0.844. The van der Waals surface area contributed by atoms with Crippen LogP contribution < -0.4 is 5.32 Å². The van der Waals surface area contributed by atoms with Gasteiger partial charge in [-0.1, -0.05) is 0 Å². The molecule has 0 bridgehead atoms. The first-order chi connectivity index (χ1) is 6.83. The first kappa shape index (κ1) is 11.4. The van der Waals surface area contributed by atoms with Gasteiger partial charge in [-0.3, -0.25) is 0 Å². The van der Waals surface area contributed by atoms with Crippen LogP contribution >= 0.6 is 11.5 Å². The lowest BCUT2D eigenvalue weighted by Crippen LogP contribution is -2.01. The van der Waals surface area contributed by atoms with Crippen LogP contribution in [0.4, 0.5) is 5.13 Å². The largest absolute Gasteiger partial charge is 0.385 e. The Morgan fingerprint density at radius 1 is 1.36 bits per heavy atom. The summed E-state index contributed by atoms with van der Waals surface area (Å²) in [7, 11) is 1.74. The molecule has 1 N–H and O–H groups in total. The van der Waals surface area contributed by atoms with E-state index in [1.807, 2.05) is 6.92 Å². The van der Waals surface area contributed by atoms with Gasteiger partial charge >= 0.3 is 0 Å². The number of anilines is 1. The molecule has 0 atom stereocenters. The molecular weight excluding hydrogens is 198 g/mol. The Kier molecular flexibility index (Phi) is 5.47. The van der Waals surface area contributed by atoms with E-state index in [1.54, 1.807) is 7.11 Å². The van der Waals surface area contributed by atoms with Crippen molar-refractivity contribution in [3.8, 4) is 0 Å². The van der Waals surface area contributed by atoms with Gasteiger partial charge in [-0.2, -0.15) is 4.37 Å². The zero-order valence-corrected chi connectivity index (χ0v) is 9.56. The highest BCUT2D eigenvalue weighted by Crippen LogP contribution is 2.09. The van der Waals surface area contributed by atoms with Crippen molar-refractivity contribution < 1.29 is 4.74 Å². The Balaban J connectivity index is 1.99. The number of unbranched alkanes of at least 4 members (excludes halogenated alkanes) is 2. The summed E-state index contributed by atoms with van der Waals surface area (Å²) < 4.78 is 9.06. The van der Waals surface area contributed by atoms with E-state index < -0.39 is 0 Å². The molecule has 0 amide bonds. The smallest absolute Gasteiger partial charge is 0.202 e. The third kappa shape index (κ3) is 4.53. The number of nitrogens with one attached hydrogen (secondary N) is 1. The van der Waals surface area contributed by atoms with Gasteiger partial charge in [-0.15, -0.1) is 0 Å². The Morgan fingerprint density at radius 2 is 2.21 bits per heavy atom. The van der Waals surface area contributed by atoms with Crippen molar-refractivity contribution in [2.45, 2.75) is 26.2 Å². The van der Waals surface area contributed by atoms with Crippen molar-refractivity contribution in [1.29, 1.82) is 0 Å². The van der Waals surface area contributed by atoms with Gasteiger partial charge in [0, 0.05) is 31.8 Å². The van der Waals surface area contributed by atoms with Crippen LogP contribution in [-0.2, 0) is 4.74 Å². The van der Waals surface area contributed by atoms with E-state index in [0.717, 1.165) is 36.9 Å². The maximum Gasteiger partial charge on any atom is 0.202 e. The molecule has 0 radical (unpaired) electrons. The summed E-state index contributed by atoms with van der Waals surface area (Å²) in [5.41, 5.74) is 0. The van der Waals surface area contributed by atoms with Crippen molar-refractivity contribution in [1.82, 2.24) is 9.36 Å². The third-order valence-electron chi connectivity index (χ3n) is 1.83. The molecule has 1 rings (SSSR count). The molecule has 0 aliphatic carbocycles. The van der Waals surface area contributed by atoms with Crippen molar-refractivity contribution in [2.75, 3.05) is 25.6 Å². The van der Waals surface area contributed by atoms with Crippen molar-refractivity contribution >= 4 is 16.7 Å². The van der Waals surface area contributed by atoms with E-state index >= 15 is 0 Å². The highest BCUT2D eigenvalue weighted by molar-refractivity contribution is 7.09. The number of ether oxygens (including phenoxy) is 1. The van der Waals surface area contributed by atoms with Gasteiger partial charge in [0.1, 0.15) is 5.82 Å². The number of methoxy groups -OCH3 is 1. The number of hydrogen-bond donors (Lipinski definition) is 1. The van der Waals surface area contributed by atoms with Gasteiger partial charge in [0.15, 0.2) is 0 Å². The molecule has 0 aliphatic heterocycles. The molecule has 1 heterocycles. The normalized spacial score (nSPS) is 10.4. The molecule has 0 saturated carbocycles. The number of rotatable bonds is 7. The Bertz CT molecular complexity index is 252. The van der Waals surface area contributed by atoms with E-state index in [1.165, 1.54) is 18.0 Å². The van der Waals surface area contributed by atoms with Crippen LogP contribution in [0, 0.1) is 6.92 Å². The first-order valence-corrected chi connectivity index (χ1v) is 5.63. The summed E-state index contributed by atoms with van der Waals surface area (Å²) >= 11 is 1.42. The molecule has 0 aliphatic rings. The molecule has 5 heteroatoms. The summed E-state index contributed by atoms with van der Waals surface area (Å²) in [5.74, 6) is 0.844. The van der Waals surface area contributed by atoms with Gasteiger partial charge in [-0.25, -0.2) is 4.98 Å². The minimum absolute atomic E-state index is 0.844. The minimum Gasteiger partial charge on any atom is -0.385 e. The molecule has 1 aromatic heterocycles. The maximum atomic E-state index is 4.97. The molecule has 0 aromatic carbocycles. The lowest BCUT2D eigenvalue weighted by atomic mass is 10.2. The quantitative estimate of drug-likeness (QED) is 0.707. The number of aryl methyl sites for hydroxylation is 1. The second kappa shape index (κ2) is 6.73. The van der Waals surface area contributed by atoms with Gasteiger partial charge < -0.3 is 10.1 Å². The van der Waals surface area contributed by atoms with Crippen molar-refractivity contribution in [3.63, 3.8) is 0 Å². The summed E-state index contributed by atoms with van der Waals surface area (Å²) in [6.07, 6.45) is 3.48. The molecular formula is C9H17N3OS. The number of aromatic nitrogens is 2. The molecule has 1 aromatic rings. The van der Waals surface area contributed by atoms with E-state index in [4.69, 9.17) is 4.74 Å². The lowest BCUT2D eigenvalue weighted by molar-refractivity contribution is 0.192. The summed E-state index contributed by atoms with van der Waals surface area (Å²) in [6.45, 7) is 3.73. The Morgan fingerprint density at radius 3 is 2.86 bits per heavy atom. The second-order valence-electron chi connectivity index (χ2n) is 3.13. The average Bonchev–Trinajstić information content (AvgIpc) is 2.58. The molecule has 0 fully saturated rings. The van der Waals surface area contributed by atoms with E-state index in [-0.39, 0.29) is 0 Å². The maximum absolute atomic E-state index is 4.97. The molecule has 0 spiro atoms. The second-order valence-corrected chi connectivity index (χ2v) is 3.88. The van der Waals surface area contributed by atoms with Crippen LogP contribution in [0.3, 0.4) is 0 Å². The first-order valence-electron chi connectivity index (χ1n) is 4.86. The fourth-order valence-electron chi connectivity index (χ4n) is 1.11. The van der Waals surface area contributed by atoms with E-state index in [2.05, 4.69) is 14.7 Å². The van der Waals surface area contributed by atoms with Crippen LogP contribution in [0.2, 0.25) is 0 Å². The van der Waals surface area contributed by atoms with Crippen molar-refractivity contribution in [3.05, 3.63) is 5.82 Å². The fraction of sp³-hybridized carbons (Fsp3) is 0.778. The molecule has 80 valence electrons. The summed E-state index contributed by atoms with van der Waals surface area (Å²) in [5, 5.41) is 4.17. The van der Waals surface area contributed by atoms with Crippen LogP contribution in [-0.4, -0.2) is 29.6 Å². The van der Waals surface area contributed by atoms with Gasteiger partial charge in [0.25, 0.3) is 0 Å². The average molecular weight is 215 g/mol. The van der Waals surface area contributed by atoms with Crippen LogP contribution in [0.1, 0.15) is 25.1 Å². The highest BCUT2D eigenvalue weighted by atomic mass is 32.1. The molecule has 0 unspecified atom stereocenters. The highest BCUT2D eigenvalue weighted by Gasteiger charge is 1.97. The summed E-state index contributed by atoms with van der Waals surface area (Å²) in [6, 6.07) is 0. The predicted molar refractivity (Wildman–Crippen MR) is 58.9 cm³/mol. The van der Waals surface area contributed by atoms with Crippen molar-refractivity contribution in [2.24, 2.45) is 0 Å². The topological polar surface area (TPSA) is 47.0 Å². The lowest BCUT2D eigenvalue weighted by Gasteiger charge is -2.01. The predicted octanol–water partition coefficient (Wildman–Crippen LogP) is 2.08. The van der Waals surface area contributed by atoms with Crippen LogP contribution in [0.5, 0.6) is 0 Å². The monoisotopic (exact) mass is 215 g/mol. The standard InChI is InChI=1S/C9H17N3OS/c1-8-11-9(14-12-8)10-6-4-3-5-7-13-2/h3-7H2,1-2H3,(H,10,11,12). The van der Waals surface area contributed by atoms with E-state index in [0.29, 0.717) is 0 Å². The third-order valence-corrected chi connectivity index (χ3v) is 2.59. The molecule has 14 heavy (non-hydrogen) atoms. The van der Waals surface area contributed by atoms with E-state index in [9.17, 15) is 0 Å². The zero-order valence-electron chi connectivity index (χ0n) is 8.75. The molecule has 4 nitrogen and oxygen atoms in total. The van der Waals surface area contributed by atoms with Crippen LogP contribution in [0.25, 0.3) is 0 Å². The van der Waals surface area contributed by atoms with Gasteiger partial charge in [-0.05, 0) is 26.2 Å². The zero-order chi connectivity index (χ0) is 10.2. The van der Waals surface area contributed by atoms with Gasteiger partial charge in [0.2, 0.25) is 5.13 Å². The molecule has 0 saturated heterocycles. The Hall–Kier alpha value is -0.680. The Labute approximate surface area is 88.9 Å². The number of hydrogen-bond acceptors (Lipinski definition) is 5. The fourth-order valence-corrected chi connectivity index (χ4v) is 1.71. The number of nitrogens with zero attached hydrogens (tertiary/aromatic N) is 2.